The fourth-order valence-electron chi connectivity index (χ4n) is 1.55. The smallest absolute Gasteiger partial charge is 0.353 e. The summed E-state index contributed by atoms with van der Waals surface area (Å²) >= 11 is 0. The Kier molecular flexibility index (Phi) is 4.37. The number of nitrogens with two attached hydrogens (primary N) is 1. The van der Waals surface area contributed by atoms with Gasteiger partial charge in [0.1, 0.15) is 6.33 Å². The van der Waals surface area contributed by atoms with E-state index in [1.807, 2.05) is 19.9 Å². The van der Waals surface area contributed by atoms with Gasteiger partial charge in [-0.1, -0.05) is 0 Å². The number of nitro groups is 1. The number of nitrogens with zero attached hydrogens (tertiary/aromatic N) is 5. The van der Waals surface area contributed by atoms with Crippen LogP contribution in [0.5, 0.6) is 0 Å². The van der Waals surface area contributed by atoms with Gasteiger partial charge in [-0.2, -0.15) is 5.26 Å². The van der Waals surface area contributed by atoms with Gasteiger partial charge in [0.15, 0.2) is 0 Å². The van der Waals surface area contributed by atoms with Gasteiger partial charge in [-0.3, -0.25) is 10.1 Å². The average molecular weight is 250 g/mol. The van der Waals surface area contributed by atoms with Crippen molar-refractivity contribution in [3.63, 3.8) is 0 Å². The van der Waals surface area contributed by atoms with E-state index in [0.29, 0.717) is 6.54 Å². The first-order valence-electron chi connectivity index (χ1n) is 5.37. The molecule has 0 aromatic carbocycles. The third-order valence-corrected chi connectivity index (χ3v) is 2.37. The van der Waals surface area contributed by atoms with Gasteiger partial charge in [0, 0.05) is 12.6 Å². The van der Waals surface area contributed by atoms with Crippen LogP contribution in [0.25, 0.3) is 0 Å². The minimum absolute atomic E-state index is 0.0358. The zero-order chi connectivity index (χ0) is 13.7. The van der Waals surface area contributed by atoms with Crippen LogP contribution in [0.4, 0.5) is 17.3 Å². The van der Waals surface area contributed by atoms with Crippen molar-refractivity contribution in [3.05, 3.63) is 16.4 Å². The fraction of sp³-hybridized carbons (Fsp3) is 0.500. The molecule has 0 atom stereocenters. The number of rotatable bonds is 5. The van der Waals surface area contributed by atoms with E-state index in [1.54, 1.807) is 4.90 Å². The van der Waals surface area contributed by atoms with Crippen molar-refractivity contribution < 1.29 is 4.92 Å². The Morgan fingerprint density at radius 1 is 1.61 bits per heavy atom. The van der Waals surface area contributed by atoms with Crippen molar-refractivity contribution in [1.82, 2.24) is 9.97 Å². The highest BCUT2D eigenvalue weighted by Crippen LogP contribution is 2.30. The molecule has 2 N–H and O–H groups in total. The fourth-order valence-corrected chi connectivity index (χ4v) is 1.55. The van der Waals surface area contributed by atoms with E-state index in [9.17, 15) is 10.1 Å². The first-order valence-corrected chi connectivity index (χ1v) is 5.37. The molecule has 8 heteroatoms. The minimum Gasteiger partial charge on any atom is -0.378 e. The molecule has 0 aliphatic carbocycles. The van der Waals surface area contributed by atoms with E-state index in [0.717, 1.165) is 0 Å². The molecule has 1 heterocycles. The van der Waals surface area contributed by atoms with Crippen LogP contribution in [-0.2, 0) is 0 Å². The number of hydrogen-bond donors (Lipinski definition) is 1. The quantitative estimate of drug-likeness (QED) is 0.613. The predicted octanol–water partition coefficient (Wildman–Crippen LogP) is 1.10. The third-order valence-electron chi connectivity index (χ3n) is 2.37. The Hall–Kier alpha value is -2.43. The van der Waals surface area contributed by atoms with Gasteiger partial charge >= 0.3 is 5.69 Å². The SMILES string of the molecule is CC(C)N(CCC#N)c1ncnc(N)c1[N+](=O)[O-]. The number of nitriles is 1. The Bertz CT molecular complexity index is 482. The Balaban J connectivity index is 3.24. The number of anilines is 2. The van der Waals surface area contributed by atoms with Crippen LogP contribution in [0.15, 0.2) is 6.33 Å². The van der Waals surface area contributed by atoms with E-state index in [2.05, 4.69) is 9.97 Å². The minimum atomic E-state index is -0.605. The third kappa shape index (κ3) is 2.82. The van der Waals surface area contributed by atoms with Crippen LogP contribution < -0.4 is 10.6 Å². The molecule has 0 amide bonds. The topological polar surface area (TPSA) is 122 Å². The van der Waals surface area contributed by atoms with Crippen molar-refractivity contribution in [2.45, 2.75) is 26.3 Å². The normalized spacial score (nSPS) is 10.1. The van der Waals surface area contributed by atoms with Crippen molar-refractivity contribution in [2.75, 3.05) is 17.2 Å². The molecule has 0 bridgehead atoms. The van der Waals surface area contributed by atoms with E-state index >= 15 is 0 Å². The maximum absolute atomic E-state index is 11.0. The van der Waals surface area contributed by atoms with Gasteiger partial charge in [0.2, 0.25) is 11.6 Å². The van der Waals surface area contributed by atoms with Gasteiger partial charge in [-0.05, 0) is 13.8 Å². The zero-order valence-corrected chi connectivity index (χ0v) is 10.2. The van der Waals surface area contributed by atoms with Crippen LogP contribution in [0.2, 0.25) is 0 Å². The molecule has 1 rings (SSSR count). The second-order valence-electron chi connectivity index (χ2n) is 3.88. The van der Waals surface area contributed by atoms with Crippen LogP contribution in [0, 0.1) is 21.4 Å². The monoisotopic (exact) mass is 250 g/mol. The molecule has 1 aromatic heterocycles. The Morgan fingerprint density at radius 3 is 2.78 bits per heavy atom. The molecule has 1 aromatic rings. The lowest BCUT2D eigenvalue weighted by Gasteiger charge is -2.26. The standard InChI is InChI=1S/C10H14N6O2/c1-7(2)15(5-3-4-11)10-8(16(17)18)9(12)13-6-14-10/h6-7H,3,5H2,1-2H3,(H2,12,13,14). The summed E-state index contributed by atoms with van der Waals surface area (Å²) in [6.45, 7) is 4.07. The summed E-state index contributed by atoms with van der Waals surface area (Å²) in [7, 11) is 0. The highest BCUT2D eigenvalue weighted by atomic mass is 16.6. The van der Waals surface area contributed by atoms with E-state index in [-0.39, 0.29) is 29.8 Å². The molecule has 8 nitrogen and oxygen atoms in total. The summed E-state index contributed by atoms with van der Waals surface area (Å²) in [5, 5.41) is 19.6. The van der Waals surface area contributed by atoms with Crippen LogP contribution >= 0.6 is 0 Å². The molecule has 0 unspecified atom stereocenters. The van der Waals surface area contributed by atoms with Crippen LogP contribution in [0.3, 0.4) is 0 Å². The number of hydrogen-bond acceptors (Lipinski definition) is 7. The molecular weight excluding hydrogens is 236 g/mol. The molecule has 0 saturated heterocycles. The molecule has 0 saturated carbocycles. The van der Waals surface area contributed by atoms with E-state index in [4.69, 9.17) is 11.0 Å². The van der Waals surface area contributed by atoms with Crippen molar-refractivity contribution in [2.24, 2.45) is 0 Å². The maximum atomic E-state index is 11.0. The van der Waals surface area contributed by atoms with Crippen molar-refractivity contribution in [3.8, 4) is 6.07 Å². The average Bonchev–Trinajstić information content (AvgIpc) is 2.28. The first-order chi connectivity index (χ1) is 8.49. The van der Waals surface area contributed by atoms with Gasteiger partial charge in [-0.25, -0.2) is 9.97 Å². The van der Waals surface area contributed by atoms with Crippen LogP contribution in [0.1, 0.15) is 20.3 Å². The molecular formula is C10H14N6O2. The van der Waals surface area contributed by atoms with Gasteiger partial charge < -0.3 is 10.6 Å². The van der Waals surface area contributed by atoms with Crippen molar-refractivity contribution >= 4 is 17.3 Å². The van der Waals surface area contributed by atoms with E-state index in [1.165, 1.54) is 6.33 Å². The molecule has 96 valence electrons. The van der Waals surface area contributed by atoms with Crippen LogP contribution in [-0.4, -0.2) is 27.5 Å². The summed E-state index contributed by atoms with van der Waals surface area (Å²) in [4.78, 5) is 19.6. The molecule has 0 aliphatic heterocycles. The lowest BCUT2D eigenvalue weighted by atomic mass is 10.2. The summed E-state index contributed by atoms with van der Waals surface area (Å²) in [6, 6.07) is 1.96. The first kappa shape index (κ1) is 13.6. The molecule has 18 heavy (non-hydrogen) atoms. The van der Waals surface area contributed by atoms with Gasteiger partial charge in [0.05, 0.1) is 17.4 Å². The highest BCUT2D eigenvalue weighted by Gasteiger charge is 2.26. The van der Waals surface area contributed by atoms with Crippen molar-refractivity contribution in [1.29, 1.82) is 5.26 Å². The van der Waals surface area contributed by atoms with Gasteiger partial charge in [-0.15, -0.1) is 0 Å². The summed E-state index contributed by atoms with van der Waals surface area (Å²) in [5.41, 5.74) is 5.19. The highest BCUT2D eigenvalue weighted by molar-refractivity contribution is 5.68. The molecule has 0 radical (unpaired) electrons. The summed E-state index contributed by atoms with van der Waals surface area (Å²) < 4.78 is 0. The molecule has 0 fully saturated rings. The molecule has 0 aliphatic rings. The Labute approximate surface area is 104 Å². The second kappa shape index (κ2) is 5.77. The lowest BCUT2D eigenvalue weighted by Crippen LogP contribution is -2.33. The van der Waals surface area contributed by atoms with E-state index < -0.39 is 4.92 Å². The second-order valence-corrected chi connectivity index (χ2v) is 3.88. The number of aromatic nitrogens is 2. The zero-order valence-electron chi connectivity index (χ0n) is 10.2. The molecule has 0 spiro atoms. The largest absolute Gasteiger partial charge is 0.378 e. The summed E-state index contributed by atoms with van der Waals surface area (Å²) in [5.74, 6) is -0.0228. The predicted molar refractivity (Wildman–Crippen MR) is 65.8 cm³/mol. The van der Waals surface area contributed by atoms with Gasteiger partial charge in [0.25, 0.3) is 0 Å². The number of nitrogen functional groups attached to an aromatic ring is 1. The summed E-state index contributed by atoms with van der Waals surface area (Å²) in [6.07, 6.45) is 1.43. The lowest BCUT2D eigenvalue weighted by molar-refractivity contribution is -0.383. The maximum Gasteiger partial charge on any atom is 0.353 e. The Morgan fingerprint density at radius 2 is 2.28 bits per heavy atom.